The zero-order valence-corrected chi connectivity index (χ0v) is 14.4. The van der Waals surface area contributed by atoms with Crippen molar-refractivity contribution in [1.82, 2.24) is 19.9 Å². The number of hydrogen-bond donors (Lipinski definition) is 1. The first-order valence-electron chi connectivity index (χ1n) is 8.47. The van der Waals surface area contributed by atoms with E-state index in [4.69, 9.17) is 0 Å². The molecule has 2 aromatic heterocycles. The van der Waals surface area contributed by atoms with Crippen molar-refractivity contribution in [3.63, 3.8) is 0 Å². The predicted molar refractivity (Wildman–Crippen MR) is 89.0 cm³/mol. The number of nitrogens with zero attached hydrogens (tertiary/aromatic N) is 3. The Morgan fingerprint density at radius 3 is 2.57 bits per heavy atom. The van der Waals surface area contributed by atoms with Gasteiger partial charge in [-0.15, -0.1) is 0 Å². The topological polar surface area (TPSA) is 59.3 Å². The smallest absolute Gasteiger partial charge is 0.272 e. The van der Waals surface area contributed by atoms with Crippen LogP contribution in [0.1, 0.15) is 42.6 Å². The Kier molecular flexibility index (Phi) is 3.05. The van der Waals surface area contributed by atoms with Crippen LogP contribution in [0.15, 0.2) is 22.9 Å². The Hall–Kier alpha value is -1.43. The SMILES string of the molecule is O=C(NC1C2CC3CC(C2)CC1C3)c1cc2ncc(Br)cn2n1. The first kappa shape index (κ1) is 14.0. The van der Waals surface area contributed by atoms with Gasteiger partial charge in [0, 0.05) is 24.5 Å². The first-order valence-corrected chi connectivity index (χ1v) is 9.27. The van der Waals surface area contributed by atoms with Gasteiger partial charge in [0.1, 0.15) is 0 Å². The maximum absolute atomic E-state index is 12.7. The van der Waals surface area contributed by atoms with Crippen molar-refractivity contribution in [1.29, 1.82) is 0 Å². The number of nitrogens with one attached hydrogen (secondary N) is 1. The summed E-state index contributed by atoms with van der Waals surface area (Å²) < 4.78 is 2.50. The Morgan fingerprint density at radius 1 is 1.17 bits per heavy atom. The summed E-state index contributed by atoms with van der Waals surface area (Å²) in [5.74, 6) is 3.15. The molecule has 1 amide bonds. The van der Waals surface area contributed by atoms with E-state index >= 15 is 0 Å². The minimum atomic E-state index is -0.0518. The highest BCUT2D eigenvalue weighted by molar-refractivity contribution is 9.10. The lowest BCUT2D eigenvalue weighted by Gasteiger charge is -2.54. The minimum Gasteiger partial charge on any atom is -0.347 e. The Bertz CT molecular complexity index is 758. The van der Waals surface area contributed by atoms with Crippen molar-refractivity contribution in [2.75, 3.05) is 0 Å². The van der Waals surface area contributed by atoms with E-state index in [1.807, 2.05) is 6.20 Å². The van der Waals surface area contributed by atoms with Gasteiger partial charge in [0.2, 0.25) is 0 Å². The number of amides is 1. The van der Waals surface area contributed by atoms with E-state index in [9.17, 15) is 4.79 Å². The molecule has 0 unspecified atom stereocenters. The van der Waals surface area contributed by atoms with Crippen molar-refractivity contribution in [2.24, 2.45) is 23.7 Å². The molecule has 4 bridgehead atoms. The summed E-state index contributed by atoms with van der Waals surface area (Å²) in [5, 5.41) is 7.67. The summed E-state index contributed by atoms with van der Waals surface area (Å²) in [6, 6.07) is 2.11. The summed E-state index contributed by atoms with van der Waals surface area (Å²) in [5.41, 5.74) is 1.16. The average molecular weight is 375 g/mol. The van der Waals surface area contributed by atoms with Crippen LogP contribution >= 0.6 is 15.9 Å². The maximum atomic E-state index is 12.7. The standard InChI is InChI=1S/C17H19BrN4O/c18-13-7-19-15-6-14(21-22(15)8-13)17(23)20-16-11-2-9-1-10(4-11)5-12(16)3-9/h6-12,16H,1-5H2,(H,20,23). The summed E-state index contributed by atoms with van der Waals surface area (Å²) in [4.78, 5) is 16.9. The molecule has 6 rings (SSSR count). The zero-order chi connectivity index (χ0) is 15.6. The van der Waals surface area contributed by atoms with E-state index in [0.29, 0.717) is 29.2 Å². The molecule has 0 aromatic carbocycles. The highest BCUT2D eigenvalue weighted by Crippen LogP contribution is 2.53. The van der Waals surface area contributed by atoms with E-state index in [1.165, 1.54) is 32.1 Å². The molecule has 4 aliphatic carbocycles. The van der Waals surface area contributed by atoms with Gasteiger partial charge < -0.3 is 5.32 Å². The van der Waals surface area contributed by atoms with Crippen LogP contribution in [-0.2, 0) is 0 Å². The summed E-state index contributed by atoms with van der Waals surface area (Å²) >= 11 is 3.38. The van der Waals surface area contributed by atoms with E-state index < -0.39 is 0 Å². The molecule has 0 atom stereocenters. The Balaban J connectivity index is 1.38. The highest BCUT2D eigenvalue weighted by atomic mass is 79.9. The quantitative estimate of drug-likeness (QED) is 0.878. The molecule has 0 spiro atoms. The minimum absolute atomic E-state index is 0.0518. The second kappa shape index (κ2) is 5.03. The molecule has 2 heterocycles. The highest BCUT2D eigenvalue weighted by Gasteiger charge is 2.48. The number of rotatable bonds is 2. The fourth-order valence-corrected chi connectivity index (χ4v) is 5.65. The lowest BCUT2D eigenvalue weighted by atomic mass is 9.54. The van der Waals surface area contributed by atoms with Crippen LogP contribution in [0.5, 0.6) is 0 Å². The second-order valence-electron chi connectivity index (χ2n) is 7.53. The number of fused-ring (bicyclic) bond motifs is 1. The fraction of sp³-hybridized carbons (Fsp3) is 0.588. The molecule has 0 aliphatic heterocycles. The molecule has 120 valence electrons. The molecule has 0 saturated heterocycles. The molecule has 2 aromatic rings. The van der Waals surface area contributed by atoms with Gasteiger partial charge in [-0.1, -0.05) is 0 Å². The van der Waals surface area contributed by atoms with E-state index in [2.05, 4.69) is 31.3 Å². The van der Waals surface area contributed by atoms with Gasteiger partial charge in [0.25, 0.3) is 5.91 Å². The van der Waals surface area contributed by atoms with Crippen LogP contribution in [0.4, 0.5) is 0 Å². The van der Waals surface area contributed by atoms with E-state index in [1.54, 1.807) is 16.8 Å². The van der Waals surface area contributed by atoms with Gasteiger partial charge in [-0.2, -0.15) is 5.10 Å². The van der Waals surface area contributed by atoms with Crippen LogP contribution in [-0.4, -0.2) is 26.5 Å². The fourth-order valence-electron chi connectivity index (χ4n) is 5.35. The van der Waals surface area contributed by atoms with Gasteiger partial charge in [0.05, 0.1) is 4.47 Å². The molecule has 23 heavy (non-hydrogen) atoms. The zero-order valence-electron chi connectivity index (χ0n) is 12.8. The van der Waals surface area contributed by atoms with Crippen molar-refractivity contribution in [3.05, 3.63) is 28.6 Å². The largest absolute Gasteiger partial charge is 0.347 e. The van der Waals surface area contributed by atoms with Crippen molar-refractivity contribution in [3.8, 4) is 0 Å². The first-order chi connectivity index (χ1) is 11.2. The number of carbonyl (C=O) groups is 1. The van der Waals surface area contributed by atoms with Gasteiger partial charge in [0.15, 0.2) is 11.3 Å². The van der Waals surface area contributed by atoms with Crippen molar-refractivity contribution >= 4 is 27.5 Å². The normalized spacial score (nSPS) is 34.9. The molecule has 1 N–H and O–H groups in total. The number of halogens is 1. The molecule has 4 saturated carbocycles. The third-order valence-corrected chi connectivity index (χ3v) is 6.45. The predicted octanol–water partition coefficient (Wildman–Crippen LogP) is 3.05. The van der Waals surface area contributed by atoms with E-state index in [0.717, 1.165) is 16.3 Å². The van der Waals surface area contributed by atoms with Gasteiger partial charge in [-0.05, 0) is 71.7 Å². The number of hydrogen-bond acceptors (Lipinski definition) is 3. The van der Waals surface area contributed by atoms with Gasteiger partial charge in [-0.25, -0.2) is 9.50 Å². The van der Waals surface area contributed by atoms with Crippen LogP contribution in [0.25, 0.3) is 5.65 Å². The molecule has 4 fully saturated rings. The molecule has 5 nitrogen and oxygen atoms in total. The van der Waals surface area contributed by atoms with Crippen molar-refractivity contribution in [2.45, 2.75) is 38.1 Å². The van der Waals surface area contributed by atoms with Crippen LogP contribution in [0.3, 0.4) is 0 Å². The molecular weight excluding hydrogens is 356 g/mol. The number of aromatic nitrogens is 3. The monoisotopic (exact) mass is 374 g/mol. The second-order valence-corrected chi connectivity index (χ2v) is 8.45. The third kappa shape index (κ3) is 2.30. The lowest BCUT2D eigenvalue weighted by molar-refractivity contribution is -0.0120. The molecular formula is C17H19BrN4O. The third-order valence-electron chi connectivity index (χ3n) is 6.04. The molecule has 4 aliphatic rings. The molecule has 0 radical (unpaired) electrons. The molecule has 6 heteroatoms. The van der Waals surface area contributed by atoms with Crippen LogP contribution in [0, 0.1) is 23.7 Å². The average Bonchev–Trinajstić information content (AvgIpc) is 2.93. The van der Waals surface area contributed by atoms with Gasteiger partial charge in [-0.3, -0.25) is 4.79 Å². The lowest BCUT2D eigenvalue weighted by Crippen LogP contribution is -2.55. The maximum Gasteiger partial charge on any atom is 0.272 e. The van der Waals surface area contributed by atoms with Gasteiger partial charge >= 0.3 is 0 Å². The Labute approximate surface area is 143 Å². The van der Waals surface area contributed by atoms with Crippen LogP contribution in [0.2, 0.25) is 0 Å². The Morgan fingerprint density at radius 2 is 1.87 bits per heavy atom. The number of carbonyl (C=O) groups excluding carboxylic acids is 1. The van der Waals surface area contributed by atoms with E-state index in [-0.39, 0.29) is 5.91 Å². The summed E-state index contributed by atoms with van der Waals surface area (Å²) in [7, 11) is 0. The summed E-state index contributed by atoms with van der Waals surface area (Å²) in [6.45, 7) is 0. The van der Waals surface area contributed by atoms with Crippen molar-refractivity contribution < 1.29 is 4.79 Å². The van der Waals surface area contributed by atoms with Crippen LogP contribution < -0.4 is 5.32 Å². The summed E-state index contributed by atoms with van der Waals surface area (Å²) in [6.07, 6.45) is 10.2.